The molecule has 1 rings (SSSR count). The molecule has 2 heteroatoms. The lowest BCUT2D eigenvalue weighted by molar-refractivity contribution is 0.266. The molecule has 3 N–H and O–H groups in total. The molecule has 0 aliphatic rings. The van der Waals surface area contributed by atoms with Crippen LogP contribution in [0.5, 0.6) is 0 Å². The number of aryl methyl sites for hydroxylation is 2. The maximum absolute atomic E-state index is 6.00. The predicted molar refractivity (Wildman–Crippen MR) is 88.9 cm³/mol. The Labute approximate surface area is 125 Å². The van der Waals surface area contributed by atoms with E-state index in [0.29, 0.717) is 24.3 Å². The Morgan fingerprint density at radius 3 is 2.15 bits per heavy atom. The molecule has 1 aromatic carbocycles. The van der Waals surface area contributed by atoms with Gasteiger partial charge in [-0.1, -0.05) is 51.5 Å². The summed E-state index contributed by atoms with van der Waals surface area (Å²) in [6, 6.07) is 6.88. The maximum atomic E-state index is 6.00. The lowest BCUT2D eigenvalue weighted by Gasteiger charge is -2.28. The van der Waals surface area contributed by atoms with Gasteiger partial charge in [-0.25, -0.2) is 0 Å². The van der Waals surface area contributed by atoms with Gasteiger partial charge < -0.3 is 11.1 Å². The minimum absolute atomic E-state index is 0.259. The van der Waals surface area contributed by atoms with Crippen molar-refractivity contribution in [2.45, 2.75) is 47.6 Å². The van der Waals surface area contributed by atoms with Gasteiger partial charge in [0.1, 0.15) is 0 Å². The number of rotatable bonds is 7. The van der Waals surface area contributed by atoms with Crippen LogP contribution in [0.25, 0.3) is 0 Å². The zero-order valence-corrected chi connectivity index (χ0v) is 14.0. The van der Waals surface area contributed by atoms with Crippen LogP contribution in [0.1, 0.15) is 50.4 Å². The van der Waals surface area contributed by atoms with Crippen molar-refractivity contribution in [2.24, 2.45) is 23.5 Å². The van der Waals surface area contributed by atoms with E-state index in [1.165, 1.54) is 16.7 Å². The molecule has 20 heavy (non-hydrogen) atoms. The van der Waals surface area contributed by atoms with Gasteiger partial charge >= 0.3 is 0 Å². The second-order valence-corrected chi connectivity index (χ2v) is 6.71. The van der Waals surface area contributed by atoms with Crippen LogP contribution >= 0.6 is 0 Å². The summed E-state index contributed by atoms with van der Waals surface area (Å²) in [4.78, 5) is 0. The summed E-state index contributed by atoms with van der Waals surface area (Å²) in [6.45, 7) is 15.2. The highest BCUT2D eigenvalue weighted by atomic mass is 14.9. The summed E-state index contributed by atoms with van der Waals surface area (Å²) in [5, 5.41) is 3.69. The van der Waals surface area contributed by atoms with Crippen molar-refractivity contribution >= 4 is 0 Å². The van der Waals surface area contributed by atoms with E-state index >= 15 is 0 Å². The monoisotopic (exact) mass is 276 g/mol. The van der Waals surface area contributed by atoms with Crippen molar-refractivity contribution in [3.05, 3.63) is 34.9 Å². The predicted octanol–water partition coefficient (Wildman–Crippen LogP) is 3.82. The molecule has 0 bridgehead atoms. The average Bonchev–Trinajstić information content (AvgIpc) is 2.37. The van der Waals surface area contributed by atoms with Crippen LogP contribution in [0, 0.1) is 31.6 Å². The Hall–Kier alpha value is -0.860. The van der Waals surface area contributed by atoms with Gasteiger partial charge in [-0.05, 0) is 49.3 Å². The summed E-state index contributed by atoms with van der Waals surface area (Å²) < 4.78 is 0. The number of nitrogens with one attached hydrogen (secondary N) is 1. The smallest absolute Gasteiger partial charge is 0.0447 e. The third-order valence-corrected chi connectivity index (χ3v) is 4.36. The lowest BCUT2D eigenvalue weighted by Crippen LogP contribution is -2.36. The molecule has 0 heterocycles. The first-order valence-corrected chi connectivity index (χ1v) is 7.87. The Balaban J connectivity index is 2.79. The summed E-state index contributed by atoms with van der Waals surface area (Å²) in [7, 11) is 0. The summed E-state index contributed by atoms with van der Waals surface area (Å²) >= 11 is 0. The molecule has 0 aliphatic carbocycles. The van der Waals surface area contributed by atoms with Crippen molar-refractivity contribution in [2.75, 3.05) is 13.1 Å². The first kappa shape index (κ1) is 17.2. The molecule has 0 saturated heterocycles. The number of hydrogen-bond donors (Lipinski definition) is 2. The van der Waals surface area contributed by atoms with Gasteiger partial charge in [-0.2, -0.15) is 0 Å². The standard InChI is InChI=1S/C18H32N2/c1-12(2)17(13(3)4)11-20-18(10-19)16-9-14(5)7-8-15(16)6/h7-9,12-13,17-18,20H,10-11,19H2,1-6H3. The number of benzene rings is 1. The SMILES string of the molecule is Cc1ccc(C)c(C(CN)NCC(C(C)C)C(C)C)c1. The Kier molecular flexibility index (Phi) is 6.70. The van der Waals surface area contributed by atoms with E-state index in [4.69, 9.17) is 5.73 Å². The van der Waals surface area contributed by atoms with E-state index in [9.17, 15) is 0 Å². The summed E-state index contributed by atoms with van der Waals surface area (Å²) in [6.07, 6.45) is 0. The minimum atomic E-state index is 0.259. The molecule has 0 aromatic heterocycles. The van der Waals surface area contributed by atoms with Crippen LogP contribution in [-0.4, -0.2) is 13.1 Å². The van der Waals surface area contributed by atoms with Crippen LogP contribution in [0.2, 0.25) is 0 Å². The van der Waals surface area contributed by atoms with Gasteiger partial charge in [0.25, 0.3) is 0 Å². The fourth-order valence-electron chi connectivity index (χ4n) is 2.98. The van der Waals surface area contributed by atoms with Gasteiger partial charge in [0.2, 0.25) is 0 Å². The van der Waals surface area contributed by atoms with Crippen molar-refractivity contribution in [1.29, 1.82) is 0 Å². The van der Waals surface area contributed by atoms with Crippen LogP contribution in [0.4, 0.5) is 0 Å². The molecule has 0 amide bonds. The van der Waals surface area contributed by atoms with Gasteiger partial charge in [-0.15, -0.1) is 0 Å². The van der Waals surface area contributed by atoms with Crippen molar-refractivity contribution in [3.8, 4) is 0 Å². The number of hydrogen-bond acceptors (Lipinski definition) is 2. The van der Waals surface area contributed by atoms with Crippen LogP contribution in [0.3, 0.4) is 0 Å². The van der Waals surface area contributed by atoms with Crippen molar-refractivity contribution in [1.82, 2.24) is 5.32 Å². The highest BCUT2D eigenvalue weighted by Gasteiger charge is 2.20. The van der Waals surface area contributed by atoms with Crippen molar-refractivity contribution < 1.29 is 0 Å². The Morgan fingerprint density at radius 2 is 1.65 bits per heavy atom. The Morgan fingerprint density at radius 1 is 1.05 bits per heavy atom. The van der Waals surface area contributed by atoms with Gasteiger partial charge in [-0.3, -0.25) is 0 Å². The van der Waals surface area contributed by atoms with E-state index in [2.05, 4.69) is 65.1 Å². The van der Waals surface area contributed by atoms with E-state index in [-0.39, 0.29) is 6.04 Å². The zero-order chi connectivity index (χ0) is 15.3. The van der Waals surface area contributed by atoms with E-state index in [1.54, 1.807) is 0 Å². The summed E-state index contributed by atoms with van der Waals surface area (Å²) in [5.41, 5.74) is 9.97. The first-order valence-electron chi connectivity index (χ1n) is 7.87. The third-order valence-electron chi connectivity index (χ3n) is 4.36. The fourth-order valence-corrected chi connectivity index (χ4v) is 2.98. The summed E-state index contributed by atoms with van der Waals surface area (Å²) in [5.74, 6) is 2.08. The van der Waals surface area contributed by atoms with Crippen LogP contribution in [-0.2, 0) is 0 Å². The van der Waals surface area contributed by atoms with Gasteiger partial charge in [0.15, 0.2) is 0 Å². The topological polar surface area (TPSA) is 38.0 Å². The minimum Gasteiger partial charge on any atom is -0.329 e. The quantitative estimate of drug-likeness (QED) is 0.794. The second kappa shape index (κ2) is 7.80. The average molecular weight is 276 g/mol. The highest BCUT2D eigenvalue weighted by molar-refractivity contribution is 5.33. The fraction of sp³-hybridized carbons (Fsp3) is 0.667. The molecule has 0 radical (unpaired) electrons. The molecule has 0 fully saturated rings. The van der Waals surface area contributed by atoms with Crippen LogP contribution < -0.4 is 11.1 Å². The molecule has 0 aliphatic heterocycles. The largest absolute Gasteiger partial charge is 0.329 e. The molecule has 1 unspecified atom stereocenters. The first-order chi connectivity index (χ1) is 9.36. The zero-order valence-electron chi connectivity index (χ0n) is 14.0. The molecule has 1 atom stereocenters. The Bertz CT molecular complexity index is 402. The maximum Gasteiger partial charge on any atom is 0.0447 e. The van der Waals surface area contributed by atoms with E-state index in [1.807, 2.05) is 0 Å². The van der Waals surface area contributed by atoms with Crippen LogP contribution in [0.15, 0.2) is 18.2 Å². The third kappa shape index (κ3) is 4.60. The molecular formula is C18H32N2. The normalized spacial score (nSPS) is 13.5. The molecule has 1 aromatic rings. The molecular weight excluding hydrogens is 244 g/mol. The van der Waals surface area contributed by atoms with Crippen molar-refractivity contribution in [3.63, 3.8) is 0 Å². The van der Waals surface area contributed by atoms with E-state index in [0.717, 1.165) is 6.54 Å². The molecule has 2 nitrogen and oxygen atoms in total. The lowest BCUT2D eigenvalue weighted by atomic mass is 9.85. The van der Waals surface area contributed by atoms with Gasteiger partial charge in [0, 0.05) is 12.6 Å². The van der Waals surface area contributed by atoms with Gasteiger partial charge in [0.05, 0.1) is 0 Å². The highest BCUT2D eigenvalue weighted by Crippen LogP contribution is 2.23. The molecule has 0 spiro atoms. The number of nitrogens with two attached hydrogens (primary N) is 1. The molecule has 114 valence electrons. The molecule has 0 saturated carbocycles. The van der Waals surface area contributed by atoms with E-state index < -0.39 is 0 Å². The second-order valence-electron chi connectivity index (χ2n) is 6.71.